The van der Waals surface area contributed by atoms with Crippen LogP contribution in [-0.2, 0) is 4.74 Å². The van der Waals surface area contributed by atoms with Gasteiger partial charge in [-0.1, -0.05) is 323 Å². The highest BCUT2D eigenvalue weighted by atomic mass is 80.0. The van der Waals surface area contributed by atoms with Gasteiger partial charge < -0.3 is 14.9 Å². The summed E-state index contributed by atoms with van der Waals surface area (Å²) in [7, 11) is 0. The quantitative estimate of drug-likeness (QED) is 0.295. The lowest BCUT2D eigenvalue weighted by atomic mass is 9.92. The van der Waals surface area contributed by atoms with Crippen LogP contribution < -0.4 is 0 Å². The number of hydrogen-bond donors (Lipinski definition) is 2. The number of para-hydroxylation sites is 2. The number of phenols is 2. The molecule has 0 bridgehead atoms. The summed E-state index contributed by atoms with van der Waals surface area (Å²) >= 11 is 77.0. The average molecular weight is 1950 g/mol. The van der Waals surface area contributed by atoms with Gasteiger partial charge in [-0.05, 0) is 56.1 Å². The molecule has 0 spiro atoms. The summed E-state index contributed by atoms with van der Waals surface area (Å²) in [6, 6.07) is 17.4. The molecule has 4 unspecified atom stereocenters. The van der Waals surface area contributed by atoms with E-state index >= 15 is 0 Å². The molecule has 2 aromatic carbocycles. The third-order valence-corrected chi connectivity index (χ3v) is 48.6. The fourth-order valence-corrected chi connectivity index (χ4v) is 25.7. The van der Waals surface area contributed by atoms with Gasteiger partial charge in [-0.25, -0.2) is 0 Å². The lowest BCUT2D eigenvalue weighted by molar-refractivity contribution is -0.0700. The number of hydrogen-bond acceptors (Lipinski definition) is 3. The lowest BCUT2D eigenvalue weighted by Gasteiger charge is -2.67. The van der Waals surface area contributed by atoms with E-state index in [1.165, 1.54) is 0 Å². The summed E-state index contributed by atoms with van der Waals surface area (Å²) < 4.78 is -2.46. The smallest absolute Gasteiger partial charge is 0.166 e. The van der Waals surface area contributed by atoms with Crippen LogP contribution in [0.1, 0.15) is 0 Å². The first-order valence-corrected chi connectivity index (χ1v) is 27.8. The zero-order valence-corrected chi connectivity index (χ0v) is 53.5. The predicted molar refractivity (Wildman–Crippen MR) is 271 cm³/mol. The second kappa shape index (κ2) is 18.1. The van der Waals surface area contributed by atoms with E-state index in [1.54, 1.807) is 48.5 Å². The Kier molecular flexibility index (Phi) is 19.5. The molecule has 0 saturated heterocycles. The third-order valence-electron chi connectivity index (χ3n) is 6.37. The number of phenolic OH excluding ortho intramolecular Hbond substituents is 2. The zero-order valence-electron chi connectivity index (χ0n) is 21.8. The van der Waals surface area contributed by atoms with Crippen molar-refractivity contribution in [1.82, 2.24) is 0 Å². The molecule has 2 fully saturated rings. The summed E-state index contributed by atoms with van der Waals surface area (Å²) in [4.78, 5) is -0.911. The van der Waals surface area contributed by atoms with Crippen molar-refractivity contribution in [2.45, 2.75) is 44.5 Å². The molecule has 268 valence electrons. The van der Waals surface area contributed by atoms with Crippen molar-refractivity contribution in [1.29, 1.82) is 0 Å². The topological polar surface area (TPSA) is 49.7 Å². The highest BCUT2D eigenvalue weighted by molar-refractivity contribution is 9.36. The number of aromatic hydroxyl groups is 2. The Morgan fingerprint density at radius 1 is 0.383 bits per heavy atom. The summed E-state index contributed by atoms with van der Waals surface area (Å²) in [6.07, 6.45) is 0. The third kappa shape index (κ3) is 9.05. The van der Waals surface area contributed by atoms with Gasteiger partial charge in [0.05, 0.1) is 9.65 Å². The fourth-order valence-electron chi connectivity index (χ4n) is 3.65. The molecule has 2 N–H and O–H groups in total. The predicted octanol–water partition coefficient (Wildman–Crippen LogP) is 17.4. The molecule has 2 aliphatic rings. The summed E-state index contributed by atoms with van der Waals surface area (Å²) in [5.41, 5.74) is 0. The number of halogens is 20. The molecule has 2 aromatic rings. The summed E-state index contributed by atoms with van der Waals surface area (Å²) in [5.74, 6) is 0.644. The van der Waals surface area contributed by atoms with Crippen LogP contribution in [0, 0.1) is 0 Å². The largest absolute Gasteiger partial charge is 0.508 e. The highest BCUT2D eigenvalue weighted by Crippen LogP contribution is 2.81. The maximum atomic E-state index is 8.63. The van der Waals surface area contributed by atoms with Crippen LogP contribution in [-0.4, -0.2) is 54.8 Å². The van der Waals surface area contributed by atoms with Gasteiger partial charge in [-0.3, -0.25) is 0 Å². The molecule has 0 amide bonds. The van der Waals surface area contributed by atoms with Crippen LogP contribution in [0.2, 0.25) is 0 Å². The second-order valence-electron chi connectivity index (χ2n) is 9.48. The molecule has 2 aliphatic carbocycles. The Morgan fingerprint density at radius 2 is 0.617 bits per heavy atom. The van der Waals surface area contributed by atoms with Gasteiger partial charge in [0.25, 0.3) is 0 Å². The molecule has 0 heterocycles. The molecule has 0 aromatic heterocycles. The maximum absolute atomic E-state index is 8.63. The normalized spacial score (nSPS) is 33.2. The Morgan fingerprint density at radius 3 is 0.809 bits per heavy atom. The number of alkyl halides is 20. The van der Waals surface area contributed by atoms with Crippen molar-refractivity contribution >= 4 is 319 Å². The highest BCUT2D eigenvalue weighted by Gasteiger charge is 2.85. The van der Waals surface area contributed by atoms with E-state index in [-0.39, 0.29) is 0 Å². The first-order valence-electron chi connectivity index (χ1n) is 11.7. The van der Waals surface area contributed by atoms with E-state index < -0.39 is 44.5 Å². The van der Waals surface area contributed by atoms with Crippen LogP contribution in [0.15, 0.2) is 60.7 Å². The molecule has 47 heavy (non-hydrogen) atoms. The molecule has 4 rings (SSSR count). The van der Waals surface area contributed by atoms with Gasteiger partial charge >= 0.3 is 0 Å². The Labute approximate surface area is 441 Å². The Balaban J connectivity index is 0.000000445. The van der Waals surface area contributed by atoms with Crippen LogP contribution >= 0.6 is 319 Å². The lowest BCUT2D eigenvalue weighted by Crippen LogP contribution is -2.80. The molecular formula is C24H14Br20O3. The van der Waals surface area contributed by atoms with E-state index in [4.69, 9.17) is 14.9 Å². The van der Waals surface area contributed by atoms with Gasteiger partial charge in [0, 0.05) is 0 Å². The number of benzene rings is 2. The molecule has 2 saturated carbocycles. The minimum atomic E-state index is -1.21. The second-order valence-corrected chi connectivity index (χ2v) is 41.5. The van der Waals surface area contributed by atoms with Gasteiger partial charge in [-0.2, -0.15) is 0 Å². The van der Waals surface area contributed by atoms with E-state index in [0.717, 1.165) is 0 Å². The fraction of sp³-hybridized carbons (Fsp3) is 0.500. The standard InChI is InChI=1S/C12H2Br20O.2C6H6O/c13-1-3(15,16)7(21,22)11(29,30)9(25,26)5(1,19)33-6(20)2(14)4(17,18)8(23,24)12(31,32)10(6,27)28;2*7-6-4-2-1-3-5-6/h1-2H;2*1-5,7H. The van der Waals surface area contributed by atoms with Crippen molar-refractivity contribution in [3.05, 3.63) is 60.7 Å². The molecule has 0 radical (unpaired) electrons. The summed E-state index contributed by atoms with van der Waals surface area (Å²) in [5, 5.41) is 17.3. The number of rotatable bonds is 2. The van der Waals surface area contributed by atoms with Gasteiger partial charge in [-0.15, -0.1) is 0 Å². The van der Waals surface area contributed by atoms with Crippen LogP contribution in [0.3, 0.4) is 0 Å². The van der Waals surface area contributed by atoms with Crippen molar-refractivity contribution in [3.8, 4) is 11.5 Å². The molecule has 4 atom stereocenters. The first-order chi connectivity index (χ1) is 20.8. The zero-order chi connectivity index (χ0) is 37.1. The van der Waals surface area contributed by atoms with Crippen molar-refractivity contribution in [2.75, 3.05) is 0 Å². The van der Waals surface area contributed by atoms with Crippen LogP contribution in [0.4, 0.5) is 0 Å². The Hall–Kier alpha value is 7.60. The molecule has 23 heteroatoms. The van der Waals surface area contributed by atoms with Crippen molar-refractivity contribution in [3.63, 3.8) is 0 Å². The van der Waals surface area contributed by atoms with E-state index in [1.807, 2.05) is 12.1 Å². The van der Waals surface area contributed by atoms with E-state index in [0.29, 0.717) is 11.5 Å². The minimum absolute atomic E-state index is 0.322. The van der Waals surface area contributed by atoms with Gasteiger partial charge in [0.1, 0.15) is 37.4 Å². The van der Waals surface area contributed by atoms with Crippen molar-refractivity contribution in [2.24, 2.45) is 0 Å². The molecular weight excluding hydrogens is 1930 g/mol. The molecule has 3 nitrogen and oxygen atoms in total. The first kappa shape index (κ1) is 50.7. The van der Waals surface area contributed by atoms with E-state index in [9.17, 15) is 0 Å². The van der Waals surface area contributed by atoms with Crippen LogP contribution in [0.25, 0.3) is 0 Å². The number of ether oxygens (including phenoxy) is 1. The average Bonchev–Trinajstić information content (AvgIpc) is 2.95. The van der Waals surface area contributed by atoms with Gasteiger partial charge in [0.2, 0.25) is 0 Å². The SMILES string of the molecule is BrC1C(Br)(Br)C(Br)(Br)C(Br)(Br)C(Br)(Br)C1(Br)OC1(Br)C(Br)C(Br)(Br)C(Br)(Br)C(Br)(Br)C1(Br)Br.Oc1ccccc1.Oc1ccccc1. The molecule has 0 aliphatic heterocycles. The summed E-state index contributed by atoms with van der Waals surface area (Å²) in [6.45, 7) is 0. The minimum Gasteiger partial charge on any atom is -0.508 e. The maximum Gasteiger partial charge on any atom is 0.166 e. The van der Waals surface area contributed by atoms with Crippen molar-refractivity contribution < 1.29 is 14.9 Å². The monoisotopic (exact) mass is 1930 g/mol. The van der Waals surface area contributed by atoms with Crippen LogP contribution in [0.5, 0.6) is 11.5 Å². The van der Waals surface area contributed by atoms with Gasteiger partial charge in [0.15, 0.2) is 9.02 Å². The Bertz CT molecular complexity index is 1270. The van der Waals surface area contributed by atoms with E-state index in [2.05, 4.69) is 319 Å².